The highest BCUT2D eigenvalue weighted by Crippen LogP contribution is 2.27. The Hall–Kier alpha value is -2.72. The Kier molecular flexibility index (Phi) is 3.61. The van der Waals surface area contributed by atoms with Crippen molar-refractivity contribution in [3.63, 3.8) is 0 Å². The number of hydrogen-bond acceptors (Lipinski definition) is 3. The molecule has 1 aromatic heterocycles. The van der Waals surface area contributed by atoms with Crippen LogP contribution < -0.4 is 16.6 Å². The summed E-state index contributed by atoms with van der Waals surface area (Å²) in [6.07, 6.45) is 1.54. The number of nitrogens with two attached hydrogens (primary N) is 2. The minimum absolute atomic E-state index is 0.771. The molecule has 0 aliphatic carbocycles. The van der Waals surface area contributed by atoms with Crippen LogP contribution in [0.2, 0.25) is 0 Å². The molecule has 112 valence electrons. The summed E-state index contributed by atoms with van der Waals surface area (Å²) in [5, 5.41) is 2.79. The van der Waals surface area contributed by atoms with Gasteiger partial charge in [-0.1, -0.05) is 30.3 Å². The molecule has 0 saturated carbocycles. The summed E-state index contributed by atoms with van der Waals surface area (Å²) in [5.74, 6) is 6.30. The lowest BCUT2D eigenvalue weighted by Crippen LogP contribution is -2.29. The first-order chi connectivity index (χ1) is 10.6. The normalized spacial score (nSPS) is 11.9. The number of hydrazine groups is 1. The van der Waals surface area contributed by atoms with Gasteiger partial charge in [0.25, 0.3) is 0 Å². The molecule has 0 radical (unpaired) electrons. The summed E-state index contributed by atoms with van der Waals surface area (Å²) >= 11 is 0. The molecular formula is C18H20N4. The van der Waals surface area contributed by atoms with Crippen molar-refractivity contribution in [3.05, 3.63) is 72.1 Å². The number of aryl methyl sites for hydroxylation is 2. The third-order valence-electron chi connectivity index (χ3n) is 4.03. The molecule has 4 nitrogen and oxygen atoms in total. The van der Waals surface area contributed by atoms with Crippen molar-refractivity contribution in [2.45, 2.75) is 6.92 Å². The second-order valence-electron chi connectivity index (χ2n) is 5.38. The smallest absolute Gasteiger partial charge is 0.0801 e. The molecule has 2 aromatic carbocycles. The van der Waals surface area contributed by atoms with E-state index in [4.69, 9.17) is 11.6 Å². The van der Waals surface area contributed by atoms with E-state index in [-0.39, 0.29) is 0 Å². The van der Waals surface area contributed by atoms with E-state index in [2.05, 4.69) is 36.7 Å². The number of aromatic nitrogens is 1. The molecule has 22 heavy (non-hydrogen) atoms. The molecule has 0 atom stereocenters. The van der Waals surface area contributed by atoms with Crippen molar-refractivity contribution < 1.29 is 0 Å². The van der Waals surface area contributed by atoms with E-state index < -0.39 is 0 Å². The largest absolute Gasteiger partial charge is 0.403 e. The standard InChI is InChI=1S/C18H20N4/c1-13-10-15-11-16(8-9-17(15)21(13)2)22(20)18(12-19)14-6-4-3-5-7-14/h3-12H,19-20H2,1-2H3/b18-12-. The minimum atomic E-state index is 0.771. The Morgan fingerprint density at radius 1 is 1.09 bits per heavy atom. The molecule has 0 unspecified atom stereocenters. The summed E-state index contributed by atoms with van der Waals surface area (Å²) in [7, 11) is 2.06. The van der Waals surface area contributed by atoms with Gasteiger partial charge < -0.3 is 10.3 Å². The fraction of sp³-hybridized carbons (Fsp3) is 0.111. The van der Waals surface area contributed by atoms with Gasteiger partial charge in [-0.3, -0.25) is 5.01 Å². The second kappa shape index (κ2) is 5.58. The van der Waals surface area contributed by atoms with E-state index in [9.17, 15) is 0 Å². The fourth-order valence-corrected chi connectivity index (χ4v) is 2.69. The summed E-state index contributed by atoms with van der Waals surface area (Å²) in [4.78, 5) is 0. The number of anilines is 1. The Bertz CT molecular complexity index is 831. The first kappa shape index (κ1) is 14.2. The van der Waals surface area contributed by atoms with Crippen LogP contribution >= 0.6 is 0 Å². The highest BCUT2D eigenvalue weighted by atomic mass is 15.4. The summed E-state index contributed by atoms with van der Waals surface area (Å²) in [6, 6.07) is 18.2. The molecule has 0 amide bonds. The van der Waals surface area contributed by atoms with E-state index in [1.165, 1.54) is 17.4 Å². The third-order valence-corrected chi connectivity index (χ3v) is 4.03. The topological polar surface area (TPSA) is 60.2 Å². The van der Waals surface area contributed by atoms with Crippen LogP contribution in [0.4, 0.5) is 5.69 Å². The average molecular weight is 292 g/mol. The first-order valence-electron chi connectivity index (χ1n) is 7.20. The highest BCUT2D eigenvalue weighted by Gasteiger charge is 2.11. The minimum Gasteiger partial charge on any atom is -0.403 e. The van der Waals surface area contributed by atoms with Gasteiger partial charge in [0.05, 0.1) is 11.4 Å². The van der Waals surface area contributed by atoms with Gasteiger partial charge in [-0.2, -0.15) is 0 Å². The van der Waals surface area contributed by atoms with Crippen molar-refractivity contribution in [2.24, 2.45) is 18.6 Å². The van der Waals surface area contributed by atoms with E-state index in [0.717, 1.165) is 22.3 Å². The van der Waals surface area contributed by atoms with Crippen LogP contribution in [0.5, 0.6) is 0 Å². The molecule has 3 aromatic rings. The maximum Gasteiger partial charge on any atom is 0.0801 e. The molecule has 0 spiro atoms. The molecule has 0 aliphatic heterocycles. The van der Waals surface area contributed by atoms with Gasteiger partial charge in [-0.05, 0) is 31.2 Å². The van der Waals surface area contributed by atoms with Crippen LogP contribution in [0, 0.1) is 6.92 Å². The quantitative estimate of drug-likeness (QED) is 0.576. The van der Waals surface area contributed by atoms with Gasteiger partial charge in [0, 0.05) is 35.4 Å². The van der Waals surface area contributed by atoms with Gasteiger partial charge >= 0.3 is 0 Å². The molecule has 4 N–H and O–H groups in total. The predicted octanol–water partition coefficient (Wildman–Crippen LogP) is 3.12. The zero-order valence-electron chi connectivity index (χ0n) is 12.8. The fourth-order valence-electron chi connectivity index (χ4n) is 2.69. The van der Waals surface area contributed by atoms with Crippen molar-refractivity contribution in [2.75, 3.05) is 5.01 Å². The van der Waals surface area contributed by atoms with Gasteiger partial charge in [-0.25, -0.2) is 5.84 Å². The van der Waals surface area contributed by atoms with Crippen LogP contribution in [0.15, 0.2) is 60.8 Å². The van der Waals surface area contributed by atoms with Crippen LogP contribution in [0.1, 0.15) is 11.3 Å². The van der Waals surface area contributed by atoms with Crippen molar-refractivity contribution in [3.8, 4) is 0 Å². The van der Waals surface area contributed by atoms with E-state index in [1.807, 2.05) is 36.4 Å². The first-order valence-corrected chi connectivity index (χ1v) is 7.20. The molecular weight excluding hydrogens is 272 g/mol. The lowest BCUT2D eigenvalue weighted by Gasteiger charge is -2.22. The summed E-state index contributed by atoms with van der Waals surface area (Å²) in [6.45, 7) is 2.09. The molecule has 0 saturated heterocycles. The SMILES string of the molecule is Cc1cc2cc(N(N)/C(=C\N)c3ccccc3)ccc2n1C. The number of rotatable bonds is 3. The number of nitrogens with zero attached hydrogens (tertiary/aromatic N) is 2. The Balaban J connectivity index is 2.02. The monoisotopic (exact) mass is 292 g/mol. The van der Waals surface area contributed by atoms with Crippen LogP contribution in [0.25, 0.3) is 16.6 Å². The maximum absolute atomic E-state index is 6.30. The Morgan fingerprint density at radius 3 is 2.50 bits per heavy atom. The van der Waals surface area contributed by atoms with Crippen LogP contribution in [0.3, 0.4) is 0 Å². The average Bonchev–Trinajstić information content (AvgIpc) is 2.83. The molecule has 3 rings (SSSR count). The molecule has 0 aliphatic rings. The Labute approximate surface area is 130 Å². The van der Waals surface area contributed by atoms with E-state index >= 15 is 0 Å². The molecule has 4 heteroatoms. The van der Waals surface area contributed by atoms with Crippen LogP contribution in [-0.2, 0) is 7.05 Å². The van der Waals surface area contributed by atoms with Gasteiger partial charge in [0.15, 0.2) is 0 Å². The number of hydrogen-bond donors (Lipinski definition) is 2. The van der Waals surface area contributed by atoms with Crippen molar-refractivity contribution >= 4 is 22.3 Å². The zero-order chi connectivity index (χ0) is 15.7. The Morgan fingerprint density at radius 2 is 1.82 bits per heavy atom. The van der Waals surface area contributed by atoms with E-state index in [1.54, 1.807) is 5.01 Å². The maximum atomic E-state index is 6.30. The predicted molar refractivity (Wildman–Crippen MR) is 92.9 cm³/mol. The number of fused-ring (bicyclic) bond motifs is 1. The van der Waals surface area contributed by atoms with Crippen LogP contribution in [-0.4, -0.2) is 4.57 Å². The van der Waals surface area contributed by atoms with Crippen molar-refractivity contribution in [1.29, 1.82) is 0 Å². The molecule has 0 bridgehead atoms. The van der Waals surface area contributed by atoms with Gasteiger partial charge in [-0.15, -0.1) is 0 Å². The highest BCUT2D eigenvalue weighted by molar-refractivity contribution is 5.88. The lowest BCUT2D eigenvalue weighted by atomic mass is 10.1. The number of benzene rings is 2. The third kappa shape index (κ3) is 2.34. The second-order valence-corrected chi connectivity index (χ2v) is 5.38. The van der Waals surface area contributed by atoms with Gasteiger partial charge in [0.1, 0.15) is 0 Å². The molecule has 1 heterocycles. The molecule has 0 fully saturated rings. The zero-order valence-corrected chi connectivity index (χ0v) is 12.8. The van der Waals surface area contributed by atoms with Crippen molar-refractivity contribution in [1.82, 2.24) is 4.57 Å². The van der Waals surface area contributed by atoms with E-state index in [0.29, 0.717) is 0 Å². The van der Waals surface area contributed by atoms with Gasteiger partial charge in [0.2, 0.25) is 0 Å². The summed E-state index contributed by atoms with van der Waals surface area (Å²) < 4.78 is 2.16. The lowest BCUT2D eigenvalue weighted by molar-refractivity contribution is 0.918. The summed E-state index contributed by atoms with van der Waals surface area (Å²) in [5.41, 5.74) is 10.9.